The number of hydrogen-bond acceptors (Lipinski definition) is 3. The third kappa shape index (κ3) is 2.55. The van der Waals surface area contributed by atoms with Gasteiger partial charge in [-0.15, -0.1) is 0 Å². The minimum absolute atomic E-state index is 0.280. The predicted molar refractivity (Wildman–Crippen MR) is 63.3 cm³/mol. The number of nitrogens with two attached hydrogens (primary N) is 1. The third-order valence-electron chi connectivity index (χ3n) is 2.85. The molecule has 18 heavy (non-hydrogen) atoms. The van der Waals surface area contributed by atoms with Crippen LogP contribution in [0.5, 0.6) is 0 Å². The summed E-state index contributed by atoms with van der Waals surface area (Å²) in [7, 11) is 1.83. The molecule has 0 saturated heterocycles. The Bertz CT molecular complexity index is 539. The van der Waals surface area contributed by atoms with Crippen LogP contribution < -0.4 is 11.3 Å². The van der Waals surface area contributed by atoms with Gasteiger partial charge < -0.3 is 4.57 Å². The molecule has 6 heteroatoms. The molecule has 3 N–H and O–H groups in total. The quantitative estimate of drug-likeness (QED) is 0.639. The van der Waals surface area contributed by atoms with Crippen molar-refractivity contribution in [2.75, 3.05) is 0 Å². The molecule has 0 aliphatic rings. The van der Waals surface area contributed by atoms with E-state index in [9.17, 15) is 8.78 Å². The molecule has 1 aromatic heterocycles. The summed E-state index contributed by atoms with van der Waals surface area (Å²) in [4.78, 5) is 3.98. The Hall–Kier alpha value is -1.79. The standard InChI is InChI=1S/C12H14F2N4/c1-18-7-16-6-12(18)11(17-15)4-8-2-3-9(13)5-10(8)14/h2-3,5-7,11,17H,4,15H2,1H3. The summed E-state index contributed by atoms with van der Waals surface area (Å²) in [6, 6.07) is 3.24. The molecule has 4 nitrogen and oxygen atoms in total. The Kier molecular flexibility index (Phi) is 3.69. The van der Waals surface area contributed by atoms with Crippen LogP contribution >= 0.6 is 0 Å². The van der Waals surface area contributed by atoms with Gasteiger partial charge in [-0.05, 0) is 18.1 Å². The smallest absolute Gasteiger partial charge is 0.129 e. The molecule has 0 aliphatic heterocycles. The Morgan fingerprint density at radius 2 is 2.22 bits per heavy atom. The summed E-state index contributed by atoms with van der Waals surface area (Å²) >= 11 is 0. The summed E-state index contributed by atoms with van der Waals surface area (Å²) < 4.78 is 28.2. The fraction of sp³-hybridized carbons (Fsp3) is 0.250. The first kappa shape index (κ1) is 12.7. The molecule has 2 aromatic rings. The van der Waals surface area contributed by atoms with Crippen LogP contribution in [0.1, 0.15) is 17.3 Å². The van der Waals surface area contributed by atoms with Crippen molar-refractivity contribution in [3.8, 4) is 0 Å². The number of nitrogens with one attached hydrogen (secondary N) is 1. The largest absolute Gasteiger partial charge is 0.336 e. The number of nitrogens with zero attached hydrogens (tertiary/aromatic N) is 2. The molecule has 0 radical (unpaired) electrons. The first-order valence-corrected chi connectivity index (χ1v) is 5.48. The molecular weight excluding hydrogens is 238 g/mol. The second kappa shape index (κ2) is 5.24. The van der Waals surface area contributed by atoms with Crippen LogP contribution in [0.3, 0.4) is 0 Å². The molecule has 0 saturated carbocycles. The molecule has 0 amide bonds. The zero-order valence-electron chi connectivity index (χ0n) is 9.90. The highest BCUT2D eigenvalue weighted by atomic mass is 19.1. The number of rotatable bonds is 4. The van der Waals surface area contributed by atoms with E-state index in [4.69, 9.17) is 5.84 Å². The van der Waals surface area contributed by atoms with Crippen molar-refractivity contribution >= 4 is 0 Å². The topological polar surface area (TPSA) is 55.9 Å². The van der Waals surface area contributed by atoms with E-state index in [0.29, 0.717) is 12.0 Å². The van der Waals surface area contributed by atoms with Crippen LogP contribution in [-0.2, 0) is 13.5 Å². The van der Waals surface area contributed by atoms with E-state index in [1.807, 2.05) is 7.05 Å². The molecule has 2 rings (SSSR count). The van der Waals surface area contributed by atoms with E-state index in [1.54, 1.807) is 17.1 Å². The second-order valence-electron chi connectivity index (χ2n) is 4.09. The SMILES string of the molecule is Cn1cncc1C(Cc1ccc(F)cc1F)NN. The van der Waals surface area contributed by atoms with Crippen molar-refractivity contribution in [3.05, 3.63) is 53.6 Å². The summed E-state index contributed by atoms with van der Waals surface area (Å²) in [5, 5.41) is 0. The van der Waals surface area contributed by atoms with E-state index in [-0.39, 0.29) is 6.04 Å². The van der Waals surface area contributed by atoms with E-state index < -0.39 is 11.6 Å². The van der Waals surface area contributed by atoms with Crippen LogP contribution in [0.2, 0.25) is 0 Å². The first-order chi connectivity index (χ1) is 8.61. The average Bonchev–Trinajstić information content (AvgIpc) is 2.75. The van der Waals surface area contributed by atoms with Gasteiger partial charge in [-0.2, -0.15) is 0 Å². The first-order valence-electron chi connectivity index (χ1n) is 5.48. The molecule has 1 atom stereocenters. The van der Waals surface area contributed by atoms with Gasteiger partial charge in [-0.1, -0.05) is 6.07 Å². The number of benzene rings is 1. The maximum atomic E-state index is 13.6. The number of hydrogen-bond donors (Lipinski definition) is 2. The maximum Gasteiger partial charge on any atom is 0.129 e. The normalized spacial score (nSPS) is 12.7. The number of imidazole rings is 1. The Labute approximate surface area is 103 Å². The number of aryl methyl sites for hydroxylation is 1. The lowest BCUT2D eigenvalue weighted by molar-refractivity contribution is 0.502. The lowest BCUT2D eigenvalue weighted by Gasteiger charge is -2.16. The molecular formula is C12H14F2N4. The van der Waals surface area contributed by atoms with Crippen LogP contribution in [0, 0.1) is 11.6 Å². The summed E-state index contributed by atoms with van der Waals surface area (Å²) in [6.07, 6.45) is 3.62. The summed E-state index contributed by atoms with van der Waals surface area (Å²) in [5.41, 5.74) is 3.85. The fourth-order valence-electron chi connectivity index (χ4n) is 1.86. The molecule has 0 aliphatic carbocycles. The van der Waals surface area contributed by atoms with E-state index >= 15 is 0 Å². The van der Waals surface area contributed by atoms with Gasteiger partial charge in [0.2, 0.25) is 0 Å². The van der Waals surface area contributed by atoms with Crippen molar-refractivity contribution in [3.63, 3.8) is 0 Å². The average molecular weight is 252 g/mol. The van der Waals surface area contributed by atoms with Crippen LogP contribution in [0.15, 0.2) is 30.7 Å². The highest BCUT2D eigenvalue weighted by Gasteiger charge is 2.16. The monoisotopic (exact) mass is 252 g/mol. The molecule has 0 bridgehead atoms. The van der Waals surface area contributed by atoms with Gasteiger partial charge >= 0.3 is 0 Å². The van der Waals surface area contributed by atoms with Crippen molar-refractivity contribution < 1.29 is 8.78 Å². The van der Waals surface area contributed by atoms with Gasteiger partial charge in [0.15, 0.2) is 0 Å². The molecule has 1 heterocycles. The van der Waals surface area contributed by atoms with Crippen LogP contribution in [0.25, 0.3) is 0 Å². The third-order valence-corrected chi connectivity index (χ3v) is 2.85. The number of hydrazine groups is 1. The molecule has 1 aromatic carbocycles. The Morgan fingerprint density at radius 1 is 1.44 bits per heavy atom. The van der Waals surface area contributed by atoms with E-state index in [1.165, 1.54) is 12.1 Å². The van der Waals surface area contributed by atoms with Crippen molar-refractivity contribution in [1.82, 2.24) is 15.0 Å². The predicted octanol–water partition coefficient (Wildman–Crippen LogP) is 1.45. The Balaban J connectivity index is 2.23. The zero-order valence-corrected chi connectivity index (χ0v) is 9.90. The summed E-state index contributed by atoms with van der Waals surface area (Å²) in [5.74, 6) is 4.31. The molecule has 0 spiro atoms. The van der Waals surface area contributed by atoms with Crippen LogP contribution in [0.4, 0.5) is 8.78 Å². The van der Waals surface area contributed by atoms with Gasteiger partial charge in [0.25, 0.3) is 0 Å². The highest BCUT2D eigenvalue weighted by molar-refractivity contribution is 5.21. The second-order valence-corrected chi connectivity index (χ2v) is 4.09. The number of aromatic nitrogens is 2. The molecule has 0 fully saturated rings. The van der Waals surface area contributed by atoms with Crippen molar-refractivity contribution in [2.45, 2.75) is 12.5 Å². The zero-order chi connectivity index (χ0) is 13.1. The fourth-order valence-corrected chi connectivity index (χ4v) is 1.86. The minimum Gasteiger partial charge on any atom is -0.336 e. The lowest BCUT2D eigenvalue weighted by atomic mass is 10.0. The van der Waals surface area contributed by atoms with E-state index in [0.717, 1.165) is 11.8 Å². The summed E-state index contributed by atoms with van der Waals surface area (Å²) in [6.45, 7) is 0. The highest BCUT2D eigenvalue weighted by Crippen LogP contribution is 2.19. The number of halogens is 2. The van der Waals surface area contributed by atoms with Gasteiger partial charge in [0.05, 0.1) is 18.1 Å². The van der Waals surface area contributed by atoms with E-state index in [2.05, 4.69) is 10.4 Å². The Morgan fingerprint density at radius 3 is 2.78 bits per heavy atom. The van der Waals surface area contributed by atoms with Gasteiger partial charge in [-0.25, -0.2) is 13.8 Å². The molecule has 1 unspecified atom stereocenters. The van der Waals surface area contributed by atoms with Crippen LogP contribution in [-0.4, -0.2) is 9.55 Å². The lowest BCUT2D eigenvalue weighted by Crippen LogP contribution is -2.31. The minimum atomic E-state index is -0.589. The maximum absolute atomic E-state index is 13.6. The van der Waals surface area contributed by atoms with Gasteiger partial charge in [-0.3, -0.25) is 11.3 Å². The van der Waals surface area contributed by atoms with Gasteiger partial charge in [0, 0.05) is 19.3 Å². The van der Waals surface area contributed by atoms with Gasteiger partial charge in [0.1, 0.15) is 11.6 Å². The molecule has 96 valence electrons. The van der Waals surface area contributed by atoms with Crippen molar-refractivity contribution in [1.29, 1.82) is 0 Å². The van der Waals surface area contributed by atoms with Crippen molar-refractivity contribution in [2.24, 2.45) is 12.9 Å².